The van der Waals surface area contributed by atoms with Gasteiger partial charge in [-0.3, -0.25) is 0 Å². The Morgan fingerprint density at radius 2 is 1.82 bits per heavy atom. The van der Waals surface area contributed by atoms with Gasteiger partial charge in [-0.05, 0) is 19.3 Å². The standard InChI is InChI=1S/C11H18N2O3S/c14-10(15)9-8-17-7-6-13(9)11(16)12-4-2-1-3-5-12/h9H,1-8H2,(H,14,15). The highest BCUT2D eigenvalue weighted by atomic mass is 32.2. The number of carboxylic acid groups (broad SMARTS) is 1. The van der Waals surface area contributed by atoms with Crippen molar-refractivity contribution in [2.75, 3.05) is 31.1 Å². The second-order valence-electron chi connectivity index (χ2n) is 4.45. The zero-order valence-corrected chi connectivity index (χ0v) is 10.6. The molecule has 2 amide bonds. The summed E-state index contributed by atoms with van der Waals surface area (Å²) in [4.78, 5) is 26.7. The van der Waals surface area contributed by atoms with E-state index in [2.05, 4.69) is 0 Å². The summed E-state index contributed by atoms with van der Waals surface area (Å²) >= 11 is 1.61. The number of thioether (sulfide) groups is 1. The van der Waals surface area contributed by atoms with Gasteiger partial charge in [-0.25, -0.2) is 9.59 Å². The third-order valence-corrected chi connectivity index (χ3v) is 4.31. The number of hydrogen-bond acceptors (Lipinski definition) is 3. The van der Waals surface area contributed by atoms with E-state index >= 15 is 0 Å². The summed E-state index contributed by atoms with van der Waals surface area (Å²) in [6.45, 7) is 2.10. The maximum Gasteiger partial charge on any atom is 0.327 e. The highest BCUT2D eigenvalue weighted by Crippen LogP contribution is 2.20. The Morgan fingerprint density at radius 3 is 2.47 bits per heavy atom. The molecule has 2 heterocycles. The molecule has 2 aliphatic heterocycles. The molecule has 0 aromatic carbocycles. The molecule has 2 rings (SSSR count). The van der Waals surface area contributed by atoms with Gasteiger partial charge in [0.15, 0.2) is 0 Å². The summed E-state index contributed by atoms with van der Waals surface area (Å²) in [5.74, 6) is 0.459. The number of carbonyl (C=O) groups is 2. The van der Waals surface area contributed by atoms with Crippen molar-refractivity contribution in [3.63, 3.8) is 0 Å². The molecule has 0 bridgehead atoms. The molecule has 1 atom stereocenters. The smallest absolute Gasteiger partial charge is 0.327 e. The zero-order valence-electron chi connectivity index (χ0n) is 9.80. The van der Waals surface area contributed by atoms with Crippen molar-refractivity contribution in [1.29, 1.82) is 0 Å². The molecule has 1 N–H and O–H groups in total. The van der Waals surface area contributed by atoms with Crippen molar-refractivity contribution in [3.8, 4) is 0 Å². The minimum absolute atomic E-state index is 0.0857. The molecule has 0 saturated carbocycles. The number of hydrogen-bond donors (Lipinski definition) is 1. The molecule has 17 heavy (non-hydrogen) atoms. The normalized spacial score (nSPS) is 25.8. The highest BCUT2D eigenvalue weighted by Gasteiger charge is 2.34. The van der Waals surface area contributed by atoms with E-state index in [-0.39, 0.29) is 6.03 Å². The quantitative estimate of drug-likeness (QED) is 0.765. The largest absolute Gasteiger partial charge is 0.480 e. The molecule has 2 fully saturated rings. The molecule has 96 valence electrons. The van der Waals surface area contributed by atoms with Gasteiger partial charge in [-0.15, -0.1) is 0 Å². The Morgan fingerprint density at radius 1 is 1.12 bits per heavy atom. The number of carbonyl (C=O) groups excluding carboxylic acids is 1. The van der Waals surface area contributed by atoms with Crippen LogP contribution in [0.3, 0.4) is 0 Å². The molecule has 5 nitrogen and oxygen atoms in total. The van der Waals surface area contributed by atoms with Gasteiger partial charge in [-0.2, -0.15) is 11.8 Å². The minimum atomic E-state index is -0.887. The first-order valence-electron chi connectivity index (χ1n) is 6.06. The first-order chi connectivity index (χ1) is 8.20. The van der Waals surface area contributed by atoms with E-state index in [1.165, 1.54) is 11.3 Å². The van der Waals surface area contributed by atoms with Crippen LogP contribution in [0.15, 0.2) is 0 Å². The van der Waals surface area contributed by atoms with Crippen LogP contribution in [-0.2, 0) is 4.79 Å². The van der Waals surface area contributed by atoms with Gasteiger partial charge in [0.1, 0.15) is 6.04 Å². The fourth-order valence-corrected chi connectivity index (χ4v) is 3.34. The first-order valence-corrected chi connectivity index (χ1v) is 7.21. The van der Waals surface area contributed by atoms with Crippen LogP contribution < -0.4 is 0 Å². The van der Waals surface area contributed by atoms with Crippen LogP contribution in [-0.4, -0.2) is 64.1 Å². The van der Waals surface area contributed by atoms with Crippen molar-refractivity contribution in [1.82, 2.24) is 9.80 Å². The van der Waals surface area contributed by atoms with Gasteiger partial charge in [-0.1, -0.05) is 0 Å². The van der Waals surface area contributed by atoms with E-state index in [1.807, 2.05) is 0 Å². The summed E-state index contributed by atoms with van der Waals surface area (Å²) in [5.41, 5.74) is 0. The maximum absolute atomic E-state index is 12.2. The van der Waals surface area contributed by atoms with Crippen LogP contribution in [0, 0.1) is 0 Å². The SMILES string of the molecule is O=C(O)C1CSCCN1C(=O)N1CCCCC1. The summed E-state index contributed by atoms with van der Waals surface area (Å²) in [6, 6.07) is -0.736. The summed E-state index contributed by atoms with van der Waals surface area (Å²) in [7, 11) is 0. The van der Waals surface area contributed by atoms with Gasteiger partial charge >= 0.3 is 12.0 Å². The molecule has 0 spiro atoms. The number of urea groups is 1. The van der Waals surface area contributed by atoms with E-state index in [1.54, 1.807) is 16.7 Å². The van der Waals surface area contributed by atoms with Crippen LogP contribution >= 0.6 is 11.8 Å². The molecule has 6 heteroatoms. The van der Waals surface area contributed by atoms with Crippen LogP contribution in [0.5, 0.6) is 0 Å². The third kappa shape index (κ3) is 2.86. The lowest BCUT2D eigenvalue weighted by Crippen LogP contribution is -2.55. The zero-order chi connectivity index (χ0) is 12.3. The Bertz CT molecular complexity index is 305. The fraction of sp³-hybridized carbons (Fsp3) is 0.818. The van der Waals surface area contributed by atoms with E-state index in [0.29, 0.717) is 12.3 Å². The van der Waals surface area contributed by atoms with Crippen LogP contribution in [0.1, 0.15) is 19.3 Å². The predicted octanol–water partition coefficient (Wildman–Crippen LogP) is 1.09. The molecule has 0 aromatic heterocycles. The number of aliphatic carboxylic acids is 1. The highest BCUT2D eigenvalue weighted by molar-refractivity contribution is 7.99. The molecule has 0 aliphatic carbocycles. The van der Waals surface area contributed by atoms with Gasteiger partial charge in [0.25, 0.3) is 0 Å². The molecular formula is C11H18N2O3S. The Balaban J connectivity index is 2.02. The molecule has 1 unspecified atom stereocenters. The number of carboxylic acids is 1. The van der Waals surface area contributed by atoms with Gasteiger partial charge < -0.3 is 14.9 Å². The van der Waals surface area contributed by atoms with E-state index in [0.717, 1.165) is 31.7 Å². The average Bonchev–Trinajstić information content (AvgIpc) is 2.39. The van der Waals surface area contributed by atoms with Crippen LogP contribution in [0.2, 0.25) is 0 Å². The van der Waals surface area contributed by atoms with E-state index in [9.17, 15) is 9.59 Å². The van der Waals surface area contributed by atoms with Gasteiger partial charge in [0, 0.05) is 31.1 Å². The second kappa shape index (κ2) is 5.62. The fourth-order valence-electron chi connectivity index (χ4n) is 2.30. The maximum atomic E-state index is 12.2. The van der Waals surface area contributed by atoms with E-state index in [4.69, 9.17) is 5.11 Å². The third-order valence-electron chi connectivity index (χ3n) is 3.29. The summed E-state index contributed by atoms with van der Waals surface area (Å²) < 4.78 is 0. The molecule has 2 aliphatic rings. The van der Waals surface area contributed by atoms with Crippen molar-refractivity contribution in [2.45, 2.75) is 25.3 Å². The summed E-state index contributed by atoms with van der Waals surface area (Å²) in [6.07, 6.45) is 3.24. The molecule has 2 saturated heterocycles. The lowest BCUT2D eigenvalue weighted by atomic mass is 10.1. The minimum Gasteiger partial charge on any atom is -0.480 e. The Hall–Kier alpha value is -0.910. The van der Waals surface area contributed by atoms with Crippen molar-refractivity contribution >= 4 is 23.8 Å². The topological polar surface area (TPSA) is 60.9 Å². The number of amides is 2. The molecular weight excluding hydrogens is 240 g/mol. The van der Waals surface area contributed by atoms with Crippen molar-refractivity contribution in [2.24, 2.45) is 0 Å². The summed E-state index contributed by atoms with van der Waals surface area (Å²) in [5, 5.41) is 9.13. The van der Waals surface area contributed by atoms with Crippen molar-refractivity contribution in [3.05, 3.63) is 0 Å². The lowest BCUT2D eigenvalue weighted by molar-refractivity contribution is -0.141. The molecule has 0 aromatic rings. The van der Waals surface area contributed by atoms with Crippen LogP contribution in [0.25, 0.3) is 0 Å². The molecule has 0 radical (unpaired) electrons. The predicted molar refractivity (Wildman–Crippen MR) is 66.3 cm³/mol. The number of nitrogens with zero attached hydrogens (tertiary/aromatic N) is 2. The lowest BCUT2D eigenvalue weighted by Gasteiger charge is -2.38. The number of piperidine rings is 1. The first kappa shape index (κ1) is 12.5. The van der Waals surface area contributed by atoms with Gasteiger partial charge in [0.05, 0.1) is 0 Å². The number of rotatable bonds is 1. The monoisotopic (exact) mass is 258 g/mol. The second-order valence-corrected chi connectivity index (χ2v) is 5.60. The number of likely N-dealkylation sites (tertiary alicyclic amines) is 1. The van der Waals surface area contributed by atoms with Crippen LogP contribution in [0.4, 0.5) is 4.79 Å². The van der Waals surface area contributed by atoms with Crippen molar-refractivity contribution < 1.29 is 14.7 Å². The Labute approximate surface area is 105 Å². The average molecular weight is 258 g/mol. The Kier molecular flexibility index (Phi) is 4.15. The van der Waals surface area contributed by atoms with E-state index < -0.39 is 12.0 Å². The van der Waals surface area contributed by atoms with Gasteiger partial charge in [0.2, 0.25) is 0 Å².